The highest BCUT2D eigenvalue weighted by Gasteiger charge is 2.17. The fourth-order valence-corrected chi connectivity index (χ4v) is 4.40. The number of aromatic nitrogens is 3. The first-order valence-corrected chi connectivity index (χ1v) is 12.1. The van der Waals surface area contributed by atoms with Crippen LogP contribution in [0.3, 0.4) is 0 Å². The Kier molecular flexibility index (Phi) is 6.86. The van der Waals surface area contributed by atoms with Crippen LogP contribution in [0, 0.1) is 13.8 Å². The first kappa shape index (κ1) is 22.6. The summed E-state index contributed by atoms with van der Waals surface area (Å²) < 4.78 is 30.8. The van der Waals surface area contributed by atoms with Crippen LogP contribution in [0.1, 0.15) is 17.0 Å². The molecule has 1 aromatic heterocycles. The third-order valence-electron chi connectivity index (χ3n) is 4.38. The van der Waals surface area contributed by atoms with Gasteiger partial charge in [0.15, 0.2) is 15.7 Å². The number of nitrogen functional groups attached to an aromatic ring is 1. The van der Waals surface area contributed by atoms with E-state index < -0.39 is 15.7 Å². The number of ether oxygens (including phenoxy) is 1. The highest BCUT2D eigenvalue weighted by atomic mass is 32.2. The van der Waals surface area contributed by atoms with E-state index in [0.29, 0.717) is 11.0 Å². The summed E-state index contributed by atoms with van der Waals surface area (Å²) in [6.07, 6.45) is 1.09. The van der Waals surface area contributed by atoms with Gasteiger partial charge in [-0.15, -0.1) is 10.2 Å². The highest BCUT2D eigenvalue weighted by Crippen LogP contribution is 2.24. The van der Waals surface area contributed by atoms with Gasteiger partial charge in [0.2, 0.25) is 11.1 Å². The average molecular weight is 462 g/mol. The number of amides is 1. The third kappa shape index (κ3) is 5.56. The Morgan fingerprint density at radius 3 is 2.48 bits per heavy atom. The number of nitrogens with two attached hydrogens (primary N) is 1. The third-order valence-corrected chi connectivity index (χ3v) is 6.48. The SMILES string of the molecule is Cc1cccc(C)c1OCc1nnc(SCC(=O)Nc2ccccc2S(C)(=O)=O)n1N. The second-order valence-electron chi connectivity index (χ2n) is 6.88. The molecule has 1 heterocycles. The van der Waals surface area contributed by atoms with Crippen molar-refractivity contribution in [3.05, 3.63) is 59.4 Å². The Morgan fingerprint density at radius 1 is 1.13 bits per heavy atom. The number of nitrogens with one attached hydrogen (secondary N) is 1. The van der Waals surface area contributed by atoms with Crippen LogP contribution in [0.2, 0.25) is 0 Å². The van der Waals surface area contributed by atoms with E-state index in [9.17, 15) is 13.2 Å². The summed E-state index contributed by atoms with van der Waals surface area (Å²) in [5, 5.41) is 11.0. The minimum atomic E-state index is -3.47. The molecule has 1 amide bonds. The van der Waals surface area contributed by atoms with Crippen molar-refractivity contribution in [1.29, 1.82) is 0 Å². The monoisotopic (exact) mass is 461 g/mol. The van der Waals surface area contributed by atoms with Crippen LogP contribution in [-0.4, -0.2) is 41.2 Å². The van der Waals surface area contributed by atoms with Gasteiger partial charge in [-0.1, -0.05) is 42.1 Å². The molecule has 0 saturated heterocycles. The lowest BCUT2D eigenvalue weighted by Crippen LogP contribution is -2.19. The number of sulfone groups is 1. The Bertz CT molecular complexity index is 1190. The Morgan fingerprint density at radius 2 is 1.81 bits per heavy atom. The molecule has 3 N–H and O–H groups in total. The predicted octanol–water partition coefficient (Wildman–Crippen LogP) is 2.32. The number of thioether (sulfide) groups is 1. The summed E-state index contributed by atoms with van der Waals surface area (Å²) in [7, 11) is -3.47. The van der Waals surface area contributed by atoms with E-state index in [0.717, 1.165) is 34.9 Å². The van der Waals surface area contributed by atoms with Crippen LogP contribution in [0.5, 0.6) is 5.75 Å². The number of rotatable bonds is 8. The minimum absolute atomic E-state index is 0.0226. The van der Waals surface area contributed by atoms with E-state index in [1.807, 2.05) is 32.0 Å². The second kappa shape index (κ2) is 9.40. The zero-order valence-electron chi connectivity index (χ0n) is 17.3. The molecule has 0 fully saturated rings. The number of hydrogen-bond donors (Lipinski definition) is 2. The van der Waals surface area contributed by atoms with Gasteiger partial charge in [-0.3, -0.25) is 4.79 Å². The van der Waals surface area contributed by atoms with Crippen LogP contribution < -0.4 is 15.9 Å². The number of carbonyl (C=O) groups is 1. The number of aryl methyl sites for hydroxylation is 2. The van der Waals surface area contributed by atoms with Gasteiger partial charge in [-0.25, -0.2) is 13.1 Å². The van der Waals surface area contributed by atoms with Crippen LogP contribution >= 0.6 is 11.8 Å². The molecule has 0 radical (unpaired) electrons. The van der Waals surface area contributed by atoms with Crippen molar-refractivity contribution in [3.8, 4) is 5.75 Å². The largest absolute Gasteiger partial charge is 0.485 e. The maximum atomic E-state index is 12.3. The van der Waals surface area contributed by atoms with Crippen molar-refractivity contribution in [1.82, 2.24) is 14.9 Å². The van der Waals surface area contributed by atoms with Gasteiger partial charge in [0.05, 0.1) is 16.3 Å². The molecule has 9 nitrogen and oxygen atoms in total. The summed E-state index contributed by atoms with van der Waals surface area (Å²) in [5.41, 5.74) is 2.24. The van der Waals surface area contributed by atoms with Crippen molar-refractivity contribution >= 4 is 33.2 Å². The van der Waals surface area contributed by atoms with E-state index in [2.05, 4.69) is 15.5 Å². The molecular weight excluding hydrogens is 438 g/mol. The lowest BCUT2D eigenvalue weighted by Gasteiger charge is -2.11. The molecule has 0 aliphatic heterocycles. The summed E-state index contributed by atoms with van der Waals surface area (Å²) in [6.45, 7) is 4.04. The Labute approximate surface area is 184 Å². The number of hydrogen-bond acceptors (Lipinski definition) is 8. The molecule has 0 spiro atoms. The lowest BCUT2D eigenvalue weighted by atomic mass is 10.1. The molecule has 31 heavy (non-hydrogen) atoms. The smallest absolute Gasteiger partial charge is 0.234 e. The normalized spacial score (nSPS) is 11.3. The standard InChI is InChI=1S/C20H23N5O4S2/c1-13-7-6-8-14(2)19(13)29-11-17-23-24-20(25(17)21)30-12-18(26)22-15-9-4-5-10-16(15)31(3,27)28/h4-10H,11-12,21H2,1-3H3,(H,22,26). The van der Waals surface area contributed by atoms with Gasteiger partial charge in [-0.2, -0.15) is 0 Å². The summed E-state index contributed by atoms with van der Waals surface area (Å²) >= 11 is 1.08. The van der Waals surface area contributed by atoms with Gasteiger partial charge in [0.25, 0.3) is 0 Å². The molecule has 0 atom stereocenters. The van der Waals surface area contributed by atoms with Crippen LogP contribution in [0.15, 0.2) is 52.5 Å². The Balaban J connectivity index is 1.61. The fraction of sp³-hybridized carbons (Fsp3) is 0.250. The van der Waals surface area contributed by atoms with Gasteiger partial charge < -0.3 is 15.9 Å². The van der Waals surface area contributed by atoms with Crippen molar-refractivity contribution in [2.45, 2.75) is 30.5 Å². The molecule has 11 heteroatoms. The van der Waals surface area contributed by atoms with E-state index in [-0.39, 0.29) is 22.9 Å². The first-order valence-electron chi connectivity index (χ1n) is 9.27. The van der Waals surface area contributed by atoms with Crippen molar-refractivity contribution in [2.75, 3.05) is 23.2 Å². The number of carbonyl (C=O) groups excluding carboxylic acids is 1. The number of para-hydroxylation sites is 2. The molecule has 3 aromatic rings. The fourth-order valence-electron chi connectivity index (χ4n) is 2.88. The molecule has 164 valence electrons. The van der Waals surface area contributed by atoms with Gasteiger partial charge in [-0.05, 0) is 37.1 Å². The van der Waals surface area contributed by atoms with E-state index in [4.69, 9.17) is 10.6 Å². The minimum Gasteiger partial charge on any atom is -0.485 e. The summed E-state index contributed by atoms with van der Waals surface area (Å²) in [4.78, 5) is 12.4. The first-order chi connectivity index (χ1) is 14.7. The Hall–Kier alpha value is -3.05. The zero-order chi connectivity index (χ0) is 22.6. The average Bonchev–Trinajstić information content (AvgIpc) is 3.05. The number of benzene rings is 2. The van der Waals surface area contributed by atoms with E-state index >= 15 is 0 Å². The molecular formula is C20H23N5O4S2. The van der Waals surface area contributed by atoms with Crippen LogP contribution in [-0.2, 0) is 21.2 Å². The quantitative estimate of drug-likeness (QED) is 0.386. The van der Waals surface area contributed by atoms with Crippen LogP contribution in [0.25, 0.3) is 0 Å². The molecule has 3 rings (SSSR count). The zero-order valence-corrected chi connectivity index (χ0v) is 19.0. The molecule has 0 saturated carbocycles. The van der Waals surface area contributed by atoms with Crippen molar-refractivity contribution in [3.63, 3.8) is 0 Å². The maximum absolute atomic E-state index is 12.3. The van der Waals surface area contributed by atoms with Crippen molar-refractivity contribution < 1.29 is 17.9 Å². The van der Waals surface area contributed by atoms with Gasteiger partial charge >= 0.3 is 0 Å². The van der Waals surface area contributed by atoms with Crippen molar-refractivity contribution in [2.24, 2.45) is 0 Å². The van der Waals surface area contributed by atoms with E-state index in [1.165, 1.54) is 16.8 Å². The molecule has 0 aliphatic rings. The molecule has 0 bridgehead atoms. The van der Waals surface area contributed by atoms with Gasteiger partial charge in [0.1, 0.15) is 12.4 Å². The van der Waals surface area contributed by atoms with E-state index in [1.54, 1.807) is 12.1 Å². The molecule has 0 aliphatic carbocycles. The topological polar surface area (TPSA) is 129 Å². The number of anilines is 1. The summed E-state index contributed by atoms with van der Waals surface area (Å²) in [5.74, 6) is 6.81. The highest BCUT2D eigenvalue weighted by molar-refractivity contribution is 7.99. The molecule has 0 unspecified atom stereocenters. The number of nitrogens with zero attached hydrogens (tertiary/aromatic N) is 3. The predicted molar refractivity (Wildman–Crippen MR) is 119 cm³/mol. The van der Waals surface area contributed by atoms with Gasteiger partial charge in [0, 0.05) is 6.26 Å². The summed E-state index contributed by atoms with van der Waals surface area (Å²) in [6, 6.07) is 12.1. The second-order valence-corrected chi connectivity index (χ2v) is 9.81. The lowest BCUT2D eigenvalue weighted by molar-refractivity contribution is -0.113. The molecule has 2 aromatic carbocycles. The maximum Gasteiger partial charge on any atom is 0.234 e. The van der Waals surface area contributed by atoms with Crippen LogP contribution in [0.4, 0.5) is 5.69 Å².